The summed E-state index contributed by atoms with van der Waals surface area (Å²) in [7, 11) is 1.46. The molecule has 8 heteroatoms. The zero-order valence-corrected chi connectivity index (χ0v) is 9.79. The van der Waals surface area contributed by atoms with E-state index in [1.807, 2.05) is 0 Å². The summed E-state index contributed by atoms with van der Waals surface area (Å²) in [6, 6.07) is -1.64. The lowest BCUT2D eigenvalue weighted by Crippen LogP contribution is -2.43. The van der Waals surface area contributed by atoms with Crippen molar-refractivity contribution in [1.82, 2.24) is 15.3 Å². The maximum absolute atomic E-state index is 11.5. The van der Waals surface area contributed by atoms with Gasteiger partial charge in [-0.2, -0.15) is 0 Å². The lowest BCUT2D eigenvalue weighted by atomic mass is 10.2. The smallest absolute Gasteiger partial charge is 0.326 e. The number of carboxylic acids is 1. The number of urea groups is 1. The summed E-state index contributed by atoms with van der Waals surface area (Å²) in [5.41, 5.74) is 0.380. The zero-order valence-electron chi connectivity index (χ0n) is 9.79. The Kier molecular flexibility index (Phi) is 5.52. The van der Waals surface area contributed by atoms with Crippen LogP contribution in [0.15, 0.2) is 18.7 Å². The molecule has 0 saturated carbocycles. The average molecular weight is 254 g/mol. The zero-order chi connectivity index (χ0) is 13.4. The van der Waals surface area contributed by atoms with Crippen LogP contribution < -0.4 is 10.6 Å². The van der Waals surface area contributed by atoms with Crippen LogP contribution in [0.1, 0.15) is 6.42 Å². The van der Waals surface area contributed by atoms with Crippen molar-refractivity contribution in [3.8, 4) is 0 Å². The van der Waals surface area contributed by atoms with Gasteiger partial charge >= 0.3 is 12.0 Å². The van der Waals surface area contributed by atoms with Crippen LogP contribution in [0.5, 0.6) is 0 Å². The summed E-state index contributed by atoms with van der Waals surface area (Å²) in [4.78, 5) is 29.8. The van der Waals surface area contributed by atoms with Gasteiger partial charge in [-0.3, -0.25) is 0 Å². The molecule has 8 nitrogen and oxygen atoms in total. The SMILES string of the molecule is COCCC(NC(=O)Nc1cncnc1)C(=O)O. The number of ether oxygens (including phenoxy) is 1. The van der Waals surface area contributed by atoms with Crippen LogP contribution in [-0.2, 0) is 9.53 Å². The van der Waals surface area contributed by atoms with Gasteiger partial charge in [0.2, 0.25) is 0 Å². The first-order valence-corrected chi connectivity index (χ1v) is 5.17. The number of hydrogen-bond acceptors (Lipinski definition) is 5. The Morgan fingerprint density at radius 2 is 2.11 bits per heavy atom. The number of nitrogens with zero attached hydrogens (tertiary/aromatic N) is 2. The molecule has 18 heavy (non-hydrogen) atoms. The third kappa shape index (κ3) is 4.74. The lowest BCUT2D eigenvalue weighted by molar-refractivity contribution is -0.139. The van der Waals surface area contributed by atoms with E-state index in [1.165, 1.54) is 25.8 Å². The molecule has 0 bridgehead atoms. The summed E-state index contributed by atoms with van der Waals surface area (Å²) >= 11 is 0. The second-order valence-electron chi connectivity index (χ2n) is 3.40. The topological polar surface area (TPSA) is 113 Å². The van der Waals surface area contributed by atoms with Crippen LogP contribution in [0, 0.1) is 0 Å². The largest absolute Gasteiger partial charge is 0.480 e. The molecule has 0 aliphatic carbocycles. The second-order valence-corrected chi connectivity index (χ2v) is 3.40. The van der Waals surface area contributed by atoms with Gasteiger partial charge in [-0.05, 0) is 0 Å². The van der Waals surface area contributed by atoms with Gasteiger partial charge in [0.15, 0.2) is 0 Å². The Morgan fingerprint density at radius 3 is 2.67 bits per heavy atom. The van der Waals surface area contributed by atoms with E-state index in [9.17, 15) is 9.59 Å². The minimum atomic E-state index is -1.12. The second kappa shape index (κ2) is 7.17. The van der Waals surface area contributed by atoms with Crippen molar-refractivity contribution in [2.75, 3.05) is 19.0 Å². The number of aliphatic carboxylic acids is 1. The van der Waals surface area contributed by atoms with Gasteiger partial charge in [0.1, 0.15) is 12.4 Å². The standard InChI is InChI=1S/C10H14N4O4/c1-18-3-2-8(9(15)16)14-10(17)13-7-4-11-6-12-5-7/h4-6,8H,2-3H2,1H3,(H,15,16)(H2,13,14,17). The number of carbonyl (C=O) groups excluding carboxylic acids is 1. The molecular weight excluding hydrogens is 240 g/mol. The van der Waals surface area contributed by atoms with Gasteiger partial charge < -0.3 is 20.5 Å². The van der Waals surface area contributed by atoms with E-state index < -0.39 is 18.0 Å². The van der Waals surface area contributed by atoms with E-state index >= 15 is 0 Å². The van der Waals surface area contributed by atoms with Gasteiger partial charge in [0.25, 0.3) is 0 Å². The first-order chi connectivity index (χ1) is 8.63. The Balaban J connectivity index is 2.48. The van der Waals surface area contributed by atoms with Gasteiger partial charge in [-0.15, -0.1) is 0 Å². The van der Waals surface area contributed by atoms with Crippen LogP contribution in [-0.4, -0.2) is 46.8 Å². The van der Waals surface area contributed by atoms with Crippen molar-refractivity contribution >= 4 is 17.7 Å². The highest BCUT2D eigenvalue weighted by Crippen LogP contribution is 2.00. The minimum absolute atomic E-state index is 0.185. The molecule has 1 atom stereocenters. The van der Waals surface area contributed by atoms with Crippen molar-refractivity contribution < 1.29 is 19.4 Å². The van der Waals surface area contributed by atoms with E-state index in [0.29, 0.717) is 5.69 Å². The van der Waals surface area contributed by atoms with Crippen molar-refractivity contribution in [2.24, 2.45) is 0 Å². The minimum Gasteiger partial charge on any atom is -0.480 e. The molecule has 1 aromatic heterocycles. The van der Waals surface area contributed by atoms with Crippen molar-refractivity contribution in [3.63, 3.8) is 0 Å². The summed E-state index contributed by atoms with van der Waals surface area (Å²) in [6.45, 7) is 0.242. The van der Waals surface area contributed by atoms with E-state index in [1.54, 1.807) is 0 Å². The Morgan fingerprint density at radius 1 is 1.44 bits per heavy atom. The number of carboxylic acid groups (broad SMARTS) is 1. The number of hydrogen-bond donors (Lipinski definition) is 3. The Bertz CT molecular complexity index is 398. The molecular formula is C10H14N4O4. The van der Waals surface area contributed by atoms with Crippen molar-refractivity contribution in [2.45, 2.75) is 12.5 Å². The quantitative estimate of drug-likeness (QED) is 0.663. The fourth-order valence-electron chi connectivity index (χ4n) is 1.18. The van der Waals surface area contributed by atoms with E-state index in [0.717, 1.165) is 0 Å². The third-order valence-electron chi connectivity index (χ3n) is 2.03. The summed E-state index contributed by atoms with van der Waals surface area (Å²) in [6.07, 6.45) is 4.31. The van der Waals surface area contributed by atoms with Crippen molar-refractivity contribution in [3.05, 3.63) is 18.7 Å². The molecule has 1 unspecified atom stereocenters. The molecule has 0 aliphatic heterocycles. The average Bonchev–Trinajstić information content (AvgIpc) is 2.35. The normalized spacial score (nSPS) is 11.6. The van der Waals surface area contributed by atoms with Gasteiger partial charge in [0, 0.05) is 20.1 Å². The van der Waals surface area contributed by atoms with Crippen LogP contribution in [0.4, 0.5) is 10.5 Å². The molecule has 0 radical (unpaired) electrons. The number of aromatic nitrogens is 2. The maximum Gasteiger partial charge on any atom is 0.326 e. The molecule has 0 aliphatic rings. The number of nitrogens with one attached hydrogen (secondary N) is 2. The van der Waals surface area contributed by atoms with Crippen LogP contribution >= 0.6 is 0 Å². The van der Waals surface area contributed by atoms with E-state index in [4.69, 9.17) is 9.84 Å². The molecule has 1 rings (SSSR count). The highest BCUT2D eigenvalue weighted by atomic mass is 16.5. The molecule has 0 saturated heterocycles. The highest BCUT2D eigenvalue weighted by molar-refractivity contribution is 5.91. The predicted molar refractivity (Wildman–Crippen MR) is 62.1 cm³/mol. The highest BCUT2D eigenvalue weighted by Gasteiger charge is 2.19. The monoisotopic (exact) mass is 254 g/mol. The molecule has 2 amide bonds. The molecule has 3 N–H and O–H groups in total. The van der Waals surface area contributed by atoms with E-state index in [-0.39, 0.29) is 13.0 Å². The Hall–Kier alpha value is -2.22. The first-order valence-electron chi connectivity index (χ1n) is 5.17. The van der Waals surface area contributed by atoms with Gasteiger partial charge in [-0.25, -0.2) is 19.6 Å². The molecule has 0 fully saturated rings. The number of rotatable bonds is 6. The first kappa shape index (κ1) is 13.8. The Labute approximate surface area is 103 Å². The molecule has 1 heterocycles. The summed E-state index contributed by atoms with van der Waals surface area (Å²) < 4.78 is 4.77. The molecule has 0 aromatic carbocycles. The molecule has 98 valence electrons. The molecule has 0 spiro atoms. The lowest BCUT2D eigenvalue weighted by Gasteiger charge is -2.14. The van der Waals surface area contributed by atoms with Crippen molar-refractivity contribution in [1.29, 1.82) is 0 Å². The third-order valence-corrected chi connectivity index (χ3v) is 2.03. The maximum atomic E-state index is 11.5. The summed E-state index contributed by atoms with van der Waals surface area (Å²) in [5, 5.41) is 13.6. The summed E-state index contributed by atoms with van der Waals surface area (Å²) in [5.74, 6) is -1.12. The fourth-order valence-corrected chi connectivity index (χ4v) is 1.18. The predicted octanol–water partition coefficient (Wildman–Crippen LogP) is 0.0878. The van der Waals surface area contributed by atoms with Crippen LogP contribution in [0.3, 0.4) is 0 Å². The van der Waals surface area contributed by atoms with Crippen LogP contribution in [0.25, 0.3) is 0 Å². The number of carbonyl (C=O) groups is 2. The fraction of sp³-hybridized carbons (Fsp3) is 0.400. The molecule has 1 aromatic rings. The van der Waals surface area contributed by atoms with Gasteiger partial charge in [-0.1, -0.05) is 0 Å². The van der Waals surface area contributed by atoms with Crippen LogP contribution in [0.2, 0.25) is 0 Å². The number of anilines is 1. The number of methoxy groups -OCH3 is 1. The van der Waals surface area contributed by atoms with Gasteiger partial charge in [0.05, 0.1) is 18.1 Å². The van der Waals surface area contributed by atoms with E-state index in [2.05, 4.69) is 20.6 Å². The number of amides is 2.